The standard InChI is InChI=1S/C18H18NO2/c1-19-10-9-15-13-18(8-7-16(15)14-19)21-12-11-20-17-5-3-2-4-6-17/h2-10,13-14H,11-12H2,1H3/q+1. The van der Waals surface area contributed by atoms with Crippen molar-refractivity contribution in [3.8, 4) is 11.5 Å². The van der Waals surface area contributed by atoms with E-state index in [0.717, 1.165) is 11.5 Å². The van der Waals surface area contributed by atoms with E-state index >= 15 is 0 Å². The third-order valence-electron chi connectivity index (χ3n) is 3.25. The zero-order valence-electron chi connectivity index (χ0n) is 12.0. The predicted molar refractivity (Wildman–Crippen MR) is 82.6 cm³/mol. The number of hydrogen-bond donors (Lipinski definition) is 0. The maximum Gasteiger partial charge on any atom is 0.176 e. The fourth-order valence-corrected chi connectivity index (χ4v) is 2.20. The van der Waals surface area contributed by atoms with Gasteiger partial charge in [0, 0.05) is 11.5 Å². The van der Waals surface area contributed by atoms with E-state index in [1.165, 1.54) is 10.8 Å². The Morgan fingerprint density at radius 2 is 1.57 bits per heavy atom. The second-order valence-corrected chi connectivity index (χ2v) is 4.91. The lowest BCUT2D eigenvalue weighted by molar-refractivity contribution is -0.670. The van der Waals surface area contributed by atoms with E-state index in [9.17, 15) is 0 Å². The molecule has 106 valence electrons. The molecule has 0 aliphatic heterocycles. The lowest BCUT2D eigenvalue weighted by Gasteiger charge is -2.08. The first-order valence-corrected chi connectivity index (χ1v) is 7.01. The molecule has 0 bridgehead atoms. The minimum Gasteiger partial charge on any atom is -0.490 e. The van der Waals surface area contributed by atoms with Crippen LogP contribution in [0.1, 0.15) is 0 Å². The average molecular weight is 280 g/mol. The second-order valence-electron chi connectivity index (χ2n) is 4.91. The first-order valence-electron chi connectivity index (χ1n) is 7.01. The van der Waals surface area contributed by atoms with Crippen molar-refractivity contribution < 1.29 is 14.0 Å². The van der Waals surface area contributed by atoms with E-state index in [1.807, 2.05) is 54.2 Å². The largest absolute Gasteiger partial charge is 0.490 e. The Balaban J connectivity index is 1.57. The smallest absolute Gasteiger partial charge is 0.176 e. The van der Waals surface area contributed by atoms with Gasteiger partial charge in [-0.2, -0.15) is 0 Å². The van der Waals surface area contributed by atoms with Crippen molar-refractivity contribution in [3.05, 3.63) is 67.0 Å². The molecule has 3 aromatic rings. The van der Waals surface area contributed by atoms with E-state index in [4.69, 9.17) is 9.47 Å². The van der Waals surface area contributed by atoms with Gasteiger partial charge in [-0.1, -0.05) is 18.2 Å². The molecule has 3 rings (SSSR count). The van der Waals surface area contributed by atoms with Gasteiger partial charge in [0.05, 0.1) is 0 Å². The van der Waals surface area contributed by atoms with Crippen LogP contribution in [0.2, 0.25) is 0 Å². The van der Waals surface area contributed by atoms with Gasteiger partial charge in [0.25, 0.3) is 0 Å². The topological polar surface area (TPSA) is 22.3 Å². The fraction of sp³-hybridized carbons (Fsp3) is 0.167. The normalized spacial score (nSPS) is 10.5. The molecule has 0 spiro atoms. The Kier molecular flexibility index (Phi) is 4.01. The van der Waals surface area contributed by atoms with Crippen LogP contribution in [0.25, 0.3) is 10.8 Å². The fourth-order valence-electron chi connectivity index (χ4n) is 2.20. The Hall–Kier alpha value is -2.55. The molecule has 0 N–H and O–H groups in total. The Bertz CT molecular complexity index is 726. The highest BCUT2D eigenvalue weighted by Crippen LogP contribution is 2.19. The van der Waals surface area contributed by atoms with Crippen molar-refractivity contribution >= 4 is 10.8 Å². The van der Waals surface area contributed by atoms with Crippen LogP contribution in [-0.2, 0) is 7.05 Å². The zero-order chi connectivity index (χ0) is 14.5. The third kappa shape index (κ3) is 3.51. The van der Waals surface area contributed by atoms with Crippen molar-refractivity contribution in [1.29, 1.82) is 0 Å². The maximum atomic E-state index is 5.73. The number of pyridine rings is 1. The van der Waals surface area contributed by atoms with Crippen molar-refractivity contribution in [3.63, 3.8) is 0 Å². The van der Waals surface area contributed by atoms with Crippen LogP contribution in [-0.4, -0.2) is 13.2 Å². The first-order chi connectivity index (χ1) is 10.3. The van der Waals surface area contributed by atoms with Crippen LogP contribution < -0.4 is 14.0 Å². The van der Waals surface area contributed by atoms with Gasteiger partial charge in [0.1, 0.15) is 31.8 Å². The molecule has 1 heterocycles. The number of ether oxygens (including phenoxy) is 2. The van der Waals surface area contributed by atoms with E-state index in [0.29, 0.717) is 13.2 Å². The summed E-state index contributed by atoms with van der Waals surface area (Å²) in [7, 11) is 2.02. The molecule has 21 heavy (non-hydrogen) atoms. The Morgan fingerprint density at radius 1 is 0.810 bits per heavy atom. The van der Waals surface area contributed by atoms with E-state index in [1.54, 1.807) is 0 Å². The van der Waals surface area contributed by atoms with E-state index in [-0.39, 0.29) is 0 Å². The summed E-state index contributed by atoms with van der Waals surface area (Å²) in [6.07, 6.45) is 4.13. The molecule has 0 unspecified atom stereocenters. The third-order valence-corrected chi connectivity index (χ3v) is 3.25. The number of fused-ring (bicyclic) bond motifs is 1. The molecule has 2 aromatic carbocycles. The van der Waals surface area contributed by atoms with Crippen LogP contribution in [0, 0.1) is 0 Å². The number of aryl methyl sites for hydroxylation is 1. The molecule has 3 nitrogen and oxygen atoms in total. The van der Waals surface area contributed by atoms with Crippen LogP contribution in [0.15, 0.2) is 67.0 Å². The van der Waals surface area contributed by atoms with Crippen LogP contribution in [0.4, 0.5) is 0 Å². The predicted octanol–water partition coefficient (Wildman–Crippen LogP) is 3.12. The summed E-state index contributed by atoms with van der Waals surface area (Å²) in [5.74, 6) is 1.74. The van der Waals surface area contributed by atoms with Crippen molar-refractivity contribution in [2.75, 3.05) is 13.2 Å². The highest BCUT2D eigenvalue weighted by molar-refractivity contribution is 5.82. The molecule has 0 saturated carbocycles. The number of rotatable bonds is 5. The Morgan fingerprint density at radius 3 is 2.38 bits per heavy atom. The van der Waals surface area contributed by atoms with Gasteiger partial charge >= 0.3 is 0 Å². The van der Waals surface area contributed by atoms with Gasteiger partial charge < -0.3 is 9.47 Å². The molecular weight excluding hydrogens is 262 g/mol. The lowest BCUT2D eigenvalue weighted by atomic mass is 10.2. The molecule has 0 radical (unpaired) electrons. The van der Waals surface area contributed by atoms with Gasteiger partial charge in [-0.3, -0.25) is 0 Å². The van der Waals surface area contributed by atoms with Gasteiger partial charge in [-0.05, 0) is 35.7 Å². The highest BCUT2D eigenvalue weighted by Gasteiger charge is 2.01. The number of benzene rings is 2. The SMILES string of the molecule is C[n+]1ccc2cc(OCCOc3ccccc3)ccc2c1. The number of nitrogens with zero attached hydrogens (tertiary/aromatic N) is 1. The molecule has 0 aliphatic rings. The molecule has 0 amide bonds. The maximum absolute atomic E-state index is 5.73. The lowest BCUT2D eigenvalue weighted by Crippen LogP contribution is -2.25. The quantitative estimate of drug-likeness (QED) is 0.529. The van der Waals surface area contributed by atoms with E-state index in [2.05, 4.69) is 24.4 Å². The molecular formula is C18H18NO2+. The molecule has 3 heteroatoms. The van der Waals surface area contributed by atoms with Crippen LogP contribution >= 0.6 is 0 Å². The molecule has 0 aliphatic carbocycles. The summed E-state index contributed by atoms with van der Waals surface area (Å²) < 4.78 is 13.4. The summed E-state index contributed by atoms with van der Waals surface area (Å²) in [6, 6.07) is 18.0. The van der Waals surface area contributed by atoms with Crippen LogP contribution in [0.5, 0.6) is 11.5 Å². The minimum absolute atomic E-state index is 0.529. The van der Waals surface area contributed by atoms with Crippen LogP contribution in [0.3, 0.4) is 0 Å². The van der Waals surface area contributed by atoms with Crippen molar-refractivity contribution in [2.45, 2.75) is 0 Å². The summed E-state index contributed by atoms with van der Waals surface area (Å²) in [4.78, 5) is 0. The Labute approximate surface area is 124 Å². The summed E-state index contributed by atoms with van der Waals surface area (Å²) >= 11 is 0. The van der Waals surface area contributed by atoms with Gasteiger partial charge in [0.15, 0.2) is 12.4 Å². The summed E-state index contributed by atoms with van der Waals surface area (Å²) in [5.41, 5.74) is 0. The molecule has 0 saturated heterocycles. The number of hydrogen-bond acceptors (Lipinski definition) is 2. The zero-order valence-corrected chi connectivity index (χ0v) is 12.0. The van der Waals surface area contributed by atoms with Crippen molar-refractivity contribution in [2.24, 2.45) is 7.05 Å². The summed E-state index contributed by atoms with van der Waals surface area (Å²) in [5, 5.41) is 2.38. The minimum atomic E-state index is 0.529. The molecule has 1 aromatic heterocycles. The molecule has 0 atom stereocenters. The highest BCUT2D eigenvalue weighted by atomic mass is 16.5. The average Bonchev–Trinajstić information content (AvgIpc) is 2.52. The van der Waals surface area contributed by atoms with Gasteiger partial charge in [-0.25, -0.2) is 4.57 Å². The second kappa shape index (κ2) is 6.27. The number of aromatic nitrogens is 1. The molecule has 0 fully saturated rings. The summed E-state index contributed by atoms with van der Waals surface area (Å²) in [6.45, 7) is 1.06. The van der Waals surface area contributed by atoms with Gasteiger partial charge in [-0.15, -0.1) is 0 Å². The number of para-hydroxylation sites is 1. The van der Waals surface area contributed by atoms with Gasteiger partial charge in [0.2, 0.25) is 0 Å². The van der Waals surface area contributed by atoms with E-state index < -0.39 is 0 Å². The monoisotopic (exact) mass is 280 g/mol. The first kappa shape index (κ1) is 13.4. The van der Waals surface area contributed by atoms with Crippen molar-refractivity contribution in [1.82, 2.24) is 0 Å².